The molecule has 0 radical (unpaired) electrons. The quantitative estimate of drug-likeness (QED) is 0.265. The Morgan fingerprint density at radius 3 is 2.46 bits per heavy atom. The molecule has 0 spiro atoms. The van der Waals surface area contributed by atoms with Crippen molar-refractivity contribution in [3.8, 4) is 5.75 Å². The first-order valence-corrected chi connectivity index (χ1v) is 11.5. The minimum atomic E-state index is -4.56. The number of alkyl halides is 3. The van der Waals surface area contributed by atoms with Crippen LogP contribution in [-0.2, 0) is 22.3 Å². The zero-order chi connectivity index (χ0) is 27.1. The molecule has 196 valence electrons. The largest absolute Gasteiger partial charge is 0.494 e. The highest BCUT2D eigenvalue weighted by Crippen LogP contribution is 2.38. The van der Waals surface area contributed by atoms with E-state index in [2.05, 4.69) is 27.5 Å². The van der Waals surface area contributed by atoms with Gasteiger partial charge in [-0.2, -0.15) is 13.2 Å². The molecule has 0 bridgehead atoms. The van der Waals surface area contributed by atoms with E-state index in [1.165, 1.54) is 24.5 Å². The molecule has 0 aliphatic heterocycles. The standard InChI is InChI=1S/C26H28F3N5O3/c1-3-31-16-18(14-30)23(35)34-25(11-12-25)24(36)32-15-17-5-7-19(8-6-17)33-22-10-9-20(37-4-2)13-21(22)26(27,28)29/h3,5-10,13-14,16,33H,1,4,11-12,15,30H2,2H3,(H,32,36)(H,34,35)/b18-14+,31-16-. The molecule has 2 amide bonds. The molecule has 0 atom stereocenters. The minimum Gasteiger partial charge on any atom is -0.494 e. The molecule has 1 fully saturated rings. The number of anilines is 2. The highest BCUT2D eigenvalue weighted by atomic mass is 19.4. The lowest BCUT2D eigenvalue weighted by molar-refractivity contribution is -0.137. The van der Waals surface area contributed by atoms with Gasteiger partial charge >= 0.3 is 6.18 Å². The SMILES string of the molecule is C=C/N=C\C(=C/N)C(=O)NC1(C(=O)NCc2ccc(Nc3ccc(OCC)cc3C(F)(F)F)cc2)CC1. The van der Waals surface area contributed by atoms with Gasteiger partial charge in [0.1, 0.15) is 11.3 Å². The van der Waals surface area contributed by atoms with Gasteiger partial charge in [-0.1, -0.05) is 18.7 Å². The van der Waals surface area contributed by atoms with Crippen LogP contribution in [0.2, 0.25) is 0 Å². The van der Waals surface area contributed by atoms with Crippen LogP contribution in [0.15, 0.2) is 72.0 Å². The summed E-state index contributed by atoms with van der Waals surface area (Å²) in [7, 11) is 0. The van der Waals surface area contributed by atoms with Crippen LogP contribution < -0.4 is 26.4 Å². The molecule has 3 rings (SSSR count). The Bertz CT molecular complexity index is 1200. The first-order valence-electron chi connectivity index (χ1n) is 11.5. The van der Waals surface area contributed by atoms with E-state index in [1.807, 2.05) is 0 Å². The third kappa shape index (κ3) is 7.12. The Balaban J connectivity index is 1.61. The molecule has 1 saturated carbocycles. The van der Waals surface area contributed by atoms with Crippen molar-refractivity contribution in [1.82, 2.24) is 10.6 Å². The van der Waals surface area contributed by atoms with Gasteiger partial charge in [-0.15, -0.1) is 0 Å². The molecular weight excluding hydrogens is 487 g/mol. The van der Waals surface area contributed by atoms with E-state index in [4.69, 9.17) is 10.5 Å². The molecule has 0 heterocycles. The van der Waals surface area contributed by atoms with Crippen LogP contribution in [0, 0.1) is 0 Å². The van der Waals surface area contributed by atoms with Gasteiger partial charge < -0.3 is 26.4 Å². The molecule has 8 nitrogen and oxygen atoms in total. The predicted octanol–water partition coefficient (Wildman–Crippen LogP) is 4.17. The third-order valence-corrected chi connectivity index (χ3v) is 5.59. The average molecular weight is 516 g/mol. The number of halogens is 3. The van der Waals surface area contributed by atoms with Crippen molar-refractivity contribution < 1.29 is 27.5 Å². The monoisotopic (exact) mass is 515 g/mol. The molecule has 0 saturated heterocycles. The second-order valence-electron chi connectivity index (χ2n) is 8.26. The smallest absolute Gasteiger partial charge is 0.418 e. The number of benzene rings is 2. The number of hydrogen-bond donors (Lipinski definition) is 4. The first kappa shape index (κ1) is 27.3. The lowest BCUT2D eigenvalue weighted by Gasteiger charge is -2.18. The molecule has 2 aromatic carbocycles. The van der Waals surface area contributed by atoms with Crippen molar-refractivity contribution in [1.29, 1.82) is 0 Å². The number of carbonyl (C=O) groups is 2. The van der Waals surface area contributed by atoms with Gasteiger partial charge in [0, 0.05) is 30.8 Å². The second-order valence-corrected chi connectivity index (χ2v) is 8.26. The zero-order valence-corrected chi connectivity index (χ0v) is 20.2. The fraction of sp³-hybridized carbons (Fsp3) is 0.269. The molecular formula is C26H28F3N5O3. The summed E-state index contributed by atoms with van der Waals surface area (Å²) in [6.07, 6.45) is -0.00753. The van der Waals surface area contributed by atoms with Crippen molar-refractivity contribution >= 4 is 29.4 Å². The van der Waals surface area contributed by atoms with Crippen LogP contribution in [0.5, 0.6) is 5.75 Å². The van der Waals surface area contributed by atoms with Gasteiger partial charge in [0.15, 0.2) is 0 Å². The summed E-state index contributed by atoms with van der Waals surface area (Å²) in [5.41, 5.74) is 4.77. The third-order valence-electron chi connectivity index (χ3n) is 5.59. The molecule has 0 unspecified atom stereocenters. The second kappa shape index (κ2) is 11.6. The number of rotatable bonds is 11. The summed E-state index contributed by atoms with van der Waals surface area (Å²) in [4.78, 5) is 28.9. The number of ether oxygens (including phenoxy) is 1. The van der Waals surface area contributed by atoms with Gasteiger partial charge in [0.05, 0.1) is 23.4 Å². The Kier molecular flexibility index (Phi) is 8.59. The van der Waals surface area contributed by atoms with Gasteiger partial charge in [0.25, 0.3) is 5.91 Å². The molecule has 2 aromatic rings. The molecule has 5 N–H and O–H groups in total. The molecule has 1 aliphatic carbocycles. The van der Waals surface area contributed by atoms with Crippen LogP contribution in [0.1, 0.15) is 30.9 Å². The number of amides is 2. The fourth-order valence-corrected chi connectivity index (χ4v) is 3.47. The van der Waals surface area contributed by atoms with Gasteiger partial charge in [-0.05, 0) is 55.7 Å². The number of hydrogen-bond acceptors (Lipinski definition) is 6. The van der Waals surface area contributed by atoms with E-state index in [1.54, 1.807) is 31.2 Å². The number of nitrogens with two attached hydrogens (primary N) is 1. The summed E-state index contributed by atoms with van der Waals surface area (Å²) in [6, 6.07) is 10.3. The maximum Gasteiger partial charge on any atom is 0.418 e. The Morgan fingerprint density at radius 1 is 1.19 bits per heavy atom. The summed E-state index contributed by atoms with van der Waals surface area (Å²) in [5.74, 6) is -0.732. The van der Waals surface area contributed by atoms with Crippen LogP contribution in [0.25, 0.3) is 0 Å². The number of carbonyl (C=O) groups excluding carboxylic acids is 2. The van der Waals surface area contributed by atoms with E-state index < -0.39 is 23.2 Å². The number of aliphatic imine (C=N–C) groups is 1. The van der Waals surface area contributed by atoms with Crippen molar-refractivity contribution in [2.75, 3.05) is 11.9 Å². The normalized spacial score (nSPS) is 14.6. The van der Waals surface area contributed by atoms with Crippen LogP contribution in [0.3, 0.4) is 0 Å². The molecule has 11 heteroatoms. The lowest BCUT2D eigenvalue weighted by Crippen LogP contribution is -2.49. The van der Waals surface area contributed by atoms with Crippen molar-refractivity contribution in [2.45, 2.75) is 38.0 Å². The minimum absolute atomic E-state index is 0.100. The fourth-order valence-electron chi connectivity index (χ4n) is 3.47. The highest BCUT2D eigenvalue weighted by Gasteiger charge is 2.51. The van der Waals surface area contributed by atoms with Crippen LogP contribution >= 0.6 is 0 Å². The zero-order valence-electron chi connectivity index (χ0n) is 20.2. The van der Waals surface area contributed by atoms with Gasteiger partial charge in [-0.3, -0.25) is 14.6 Å². The Hall–Kier alpha value is -4.28. The topological polar surface area (TPSA) is 118 Å². The summed E-state index contributed by atoms with van der Waals surface area (Å²) >= 11 is 0. The summed E-state index contributed by atoms with van der Waals surface area (Å²) in [6.45, 7) is 5.55. The van der Waals surface area contributed by atoms with E-state index >= 15 is 0 Å². The predicted molar refractivity (Wildman–Crippen MR) is 135 cm³/mol. The first-order chi connectivity index (χ1) is 17.6. The lowest BCUT2D eigenvalue weighted by atomic mass is 10.1. The Labute approximate surface area is 212 Å². The summed E-state index contributed by atoms with van der Waals surface area (Å²) < 4.78 is 45.8. The van der Waals surface area contributed by atoms with E-state index in [-0.39, 0.29) is 36.1 Å². The number of nitrogens with one attached hydrogen (secondary N) is 3. The van der Waals surface area contributed by atoms with Crippen molar-refractivity contribution in [2.24, 2.45) is 10.7 Å². The summed E-state index contributed by atoms with van der Waals surface area (Å²) in [5, 5.41) is 8.26. The molecule has 0 aromatic heterocycles. The van der Waals surface area contributed by atoms with E-state index in [9.17, 15) is 22.8 Å². The van der Waals surface area contributed by atoms with Crippen molar-refractivity contribution in [3.05, 3.63) is 78.1 Å². The average Bonchev–Trinajstić information content (AvgIpc) is 3.65. The van der Waals surface area contributed by atoms with Crippen molar-refractivity contribution in [3.63, 3.8) is 0 Å². The van der Waals surface area contributed by atoms with E-state index in [0.29, 0.717) is 18.5 Å². The maximum atomic E-state index is 13.5. The van der Waals surface area contributed by atoms with Gasteiger partial charge in [-0.25, -0.2) is 0 Å². The molecule has 1 aliphatic rings. The highest BCUT2D eigenvalue weighted by molar-refractivity contribution is 6.13. The number of nitrogens with zero attached hydrogens (tertiary/aromatic N) is 1. The van der Waals surface area contributed by atoms with Crippen LogP contribution in [-0.4, -0.2) is 30.2 Å². The van der Waals surface area contributed by atoms with Crippen LogP contribution in [0.4, 0.5) is 24.5 Å². The molecule has 37 heavy (non-hydrogen) atoms. The van der Waals surface area contributed by atoms with Gasteiger partial charge in [0.2, 0.25) is 5.91 Å². The Morgan fingerprint density at radius 2 is 1.89 bits per heavy atom. The van der Waals surface area contributed by atoms with E-state index in [0.717, 1.165) is 17.8 Å². The maximum absolute atomic E-state index is 13.5.